The van der Waals surface area contributed by atoms with Gasteiger partial charge in [0.1, 0.15) is 0 Å². The van der Waals surface area contributed by atoms with Gasteiger partial charge in [-0.05, 0) is 56.3 Å². The first-order valence-electron chi connectivity index (χ1n) is 9.63. The molecular formula is C22H29N5O. The van der Waals surface area contributed by atoms with Gasteiger partial charge in [0.15, 0.2) is 0 Å². The van der Waals surface area contributed by atoms with Crippen LogP contribution in [0.25, 0.3) is 0 Å². The molecule has 1 amide bonds. The Balaban J connectivity index is 1.62. The number of aliphatic imine (C=N–C) groups is 1. The van der Waals surface area contributed by atoms with Crippen molar-refractivity contribution in [3.63, 3.8) is 0 Å². The molecule has 2 aromatic carbocycles. The van der Waals surface area contributed by atoms with E-state index >= 15 is 0 Å². The number of likely N-dealkylation sites (N-methyl/N-ethyl adjacent to an activating group) is 1. The van der Waals surface area contributed by atoms with Crippen molar-refractivity contribution in [2.45, 2.75) is 20.4 Å². The fraction of sp³-hybridized carbons (Fsp3) is 0.364. The lowest BCUT2D eigenvalue weighted by Crippen LogP contribution is -2.43. The number of nitrogens with zero attached hydrogens (tertiary/aromatic N) is 3. The van der Waals surface area contributed by atoms with Crippen LogP contribution in [0.2, 0.25) is 0 Å². The number of nitrogens with two attached hydrogens (primary N) is 1. The molecule has 3 rings (SSSR count). The van der Waals surface area contributed by atoms with Crippen molar-refractivity contribution < 1.29 is 4.79 Å². The maximum atomic E-state index is 12.6. The molecule has 1 heterocycles. The Labute approximate surface area is 167 Å². The lowest BCUT2D eigenvalue weighted by molar-refractivity contribution is 0.102. The number of hydrogen-bond acceptors (Lipinski definition) is 4. The second-order valence-corrected chi connectivity index (χ2v) is 7.48. The number of rotatable bonds is 5. The van der Waals surface area contributed by atoms with Gasteiger partial charge in [-0.1, -0.05) is 18.2 Å². The number of carbonyl (C=O) groups excluding carboxylic acids is 1. The van der Waals surface area contributed by atoms with Crippen LogP contribution in [0.4, 0.5) is 11.4 Å². The third-order valence-electron chi connectivity index (χ3n) is 4.98. The quantitative estimate of drug-likeness (QED) is 0.619. The number of anilines is 1. The highest BCUT2D eigenvalue weighted by atomic mass is 16.1. The molecule has 148 valence electrons. The van der Waals surface area contributed by atoms with Crippen molar-refractivity contribution in [2.75, 3.05) is 38.5 Å². The second-order valence-electron chi connectivity index (χ2n) is 7.48. The Hall–Kier alpha value is -2.70. The average Bonchev–Trinajstić information content (AvgIpc) is 2.66. The Kier molecular flexibility index (Phi) is 6.44. The normalized spacial score (nSPS) is 16.2. The summed E-state index contributed by atoms with van der Waals surface area (Å²) in [4.78, 5) is 21.7. The number of piperazine rings is 1. The van der Waals surface area contributed by atoms with Crippen LogP contribution in [-0.4, -0.2) is 54.8 Å². The summed E-state index contributed by atoms with van der Waals surface area (Å²) in [5, 5.41) is 2.94. The number of hydrogen-bond donors (Lipinski definition) is 2. The minimum atomic E-state index is -0.130. The summed E-state index contributed by atoms with van der Waals surface area (Å²) in [5.74, 6) is 0.358. The molecule has 0 saturated carbocycles. The van der Waals surface area contributed by atoms with Crippen LogP contribution >= 0.6 is 0 Å². The molecule has 0 atom stereocenters. The number of benzene rings is 2. The molecule has 0 aliphatic carbocycles. The molecule has 0 aromatic heterocycles. The van der Waals surface area contributed by atoms with E-state index in [1.165, 1.54) is 5.56 Å². The number of amides is 1. The molecular weight excluding hydrogens is 350 g/mol. The largest absolute Gasteiger partial charge is 0.387 e. The van der Waals surface area contributed by atoms with E-state index < -0.39 is 0 Å². The highest BCUT2D eigenvalue weighted by Crippen LogP contribution is 2.23. The standard InChI is InChI=1S/C22H29N5O/c1-16-4-9-20(14-21(16)24-17(2)23)25-22(28)19-7-5-18(6-8-19)15-27-12-10-26(3)11-13-27/h4-9,14H,10-13,15H2,1-3H3,(H2,23,24)(H,25,28). The SMILES string of the molecule is CC(N)=Nc1cc(NC(=O)c2ccc(CN3CCN(C)CC3)cc2)ccc1C. The van der Waals surface area contributed by atoms with Crippen LogP contribution < -0.4 is 11.1 Å². The van der Waals surface area contributed by atoms with Gasteiger partial charge in [0, 0.05) is 44.0 Å². The monoisotopic (exact) mass is 379 g/mol. The smallest absolute Gasteiger partial charge is 0.255 e. The maximum absolute atomic E-state index is 12.6. The number of carbonyl (C=O) groups is 1. The summed E-state index contributed by atoms with van der Waals surface area (Å²) >= 11 is 0. The minimum absolute atomic E-state index is 0.130. The van der Waals surface area contributed by atoms with Crippen molar-refractivity contribution >= 4 is 23.1 Å². The first-order chi connectivity index (χ1) is 13.4. The molecule has 0 radical (unpaired) electrons. The van der Waals surface area contributed by atoms with E-state index in [2.05, 4.69) is 27.2 Å². The highest BCUT2D eigenvalue weighted by Gasteiger charge is 2.14. The van der Waals surface area contributed by atoms with Gasteiger partial charge in [-0.2, -0.15) is 0 Å². The first kappa shape index (κ1) is 20.0. The lowest BCUT2D eigenvalue weighted by atomic mass is 10.1. The van der Waals surface area contributed by atoms with E-state index in [-0.39, 0.29) is 5.91 Å². The number of aryl methyl sites for hydroxylation is 1. The topological polar surface area (TPSA) is 74.0 Å². The van der Waals surface area contributed by atoms with E-state index in [0.717, 1.165) is 44.0 Å². The fourth-order valence-corrected chi connectivity index (χ4v) is 3.23. The summed E-state index contributed by atoms with van der Waals surface area (Å²) in [7, 11) is 2.16. The summed E-state index contributed by atoms with van der Waals surface area (Å²) in [6.45, 7) is 9.01. The van der Waals surface area contributed by atoms with Crippen LogP contribution in [0, 0.1) is 6.92 Å². The van der Waals surface area contributed by atoms with Crippen LogP contribution in [-0.2, 0) is 6.54 Å². The summed E-state index contributed by atoms with van der Waals surface area (Å²) < 4.78 is 0. The molecule has 6 heteroatoms. The molecule has 0 spiro atoms. The third-order valence-corrected chi connectivity index (χ3v) is 4.98. The molecule has 1 aliphatic heterocycles. The molecule has 3 N–H and O–H groups in total. The zero-order valence-corrected chi connectivity index (χ0v) is 16.9. The number of nitrogens with one attached hydrogen (secondary N) is 1. The van der Waals surface area contributed by atoms with Gasteiger partial charge in [-0.15, -0.1) is 0 Å². The van der Waals surface area contributed by atoms with Crippen LogP contribution in [0.5, 0.6) is 0 Å². The van der Waals surface area contributed by atoms with Gasteiger partial charge in [-0.3, -0.25) is 9.69 Å². The first-order valence-corrected chi connectivity index (χ1v) is 9.63. The average molecular weight is 380 g/mol. The summed E-state index contributed by atoms with van der Waals surface area (Å²) in [6.07, 6.45) is 0. The third kappa shape index (κ3) is 5.41. The van der Waals surface area contributed by atoms with Crippen molar-refractivity contribution in [3.8, 4) is 0 Å². The summed E-state index contributed by atoms with van der Waals surface area (Å²) in [5.41, 5.74) is 10.0. The van der Waals surface area contributed by atoms with Crippen molar-refractivity contribution in [1.29, 1.82) is 0 Å². The van der Waals surface area contributed by atoms with Gasteiger partial charge >= 0.3 is 0 Å². The van der Waals surface area contributed by atoms with Gasteiger partial charge in [0.2, 0.25) is 0 Å². The van der Waals surface area contributed by atoms with Crippen LogP contribution in [0.3, 0.4) is 0 Å². The van der Waals surface area contributed by atoms with E-state index in [1.807, 2.05) is 49.4 Å². The van der Waals surface area contributed by atoms with Gasteiger partial charge in [0.05, 0.1) is 11.5 Å². The molecule has 6 nitrogen and oxygen atoms in total. The van der Waals surface area contributed by atoms with Crippen molar-refractivity contribution in [3.05, 3.63) is 59.2 Å². The van der Waals surface area contributed by atoms with Gasteiger partial charge < -0.3 is 16.0 Å². The molecule has 28 heavy (non-hydrogen) atoms. The second kappa shape index (κ2) is 8.99. The molecule has 1 fully saturated rings. The summed E-state index contributed by atoms with van der Waals surface area (Å²) in [6, 6.07) is 13.5. The lowest BCUT2D eigenvalue weighted by Gasteiger charge is -2.32. The molecule has 1 saturated heterocycles. The Morgan fingerprint density at radius 3 is 2.43 bits per heavy atom. The molecule has 2 aromatic rings. The zero-order chi connectivity index (χ0) is 20.1. The predicted octanol–water partition coefficient (Wildman–Crippen LogP) is 3.00. The maximum Gasteiger partial charge on any atom is 0.255 e. The van der Waals surface area contributed by atoms with E-state index in [4.69, 9.17) is 5.73 Å². The Morgan fingerprint density at radius 2 is 1.79 bits per heavy atom. The van der Waals surface area contributed by atoms with Crippen LogP contribution in [0.1, 0.15) is 28.4 Å². The number of amidine groups is 1. The van der Waals surface area contributed by atoms with E-state index in [1.54, 1.807) is 6.92 Å². The van der Waals surface area contributed by atoms with Crippen LogP contribution in [0.15, 0.2) is 47.5 Å². The van der Waals surface area contributed by atoms with Gasteiger partial charge in [-0.25, -0.2) is 4.99 Å². The van der Waals surface area contributed by atoms with Crippen molar-refractivity contribution in [1.82, 2.24) is 9.80 Å². The zero-order valence-electron chi connectivity index (χ0n) is 16.9. The molecule has 0 bridgehead atoms. The Bertz CT molecular complexity index is 848. The molecule has 1 aliphatic rings. The highest BCUT2D eigenvalue weighted by molar-refractivity contribution is 6.04. The Morgan fingerprint density at radius 1 is 1.11 bits per heavy atom. The van der Waals surface area contributed by atoms with Gasteiger partial charge in [0.25, 0.3) is 5.91 Å². The fourth-order valence-electron chi connectivity index (χ4n) is 3.23. The van der Waals surface area contributed by atoms with Crippen molar-refractivity contribution in [2.24, 2.45) is 10.7 Å². The predicted molar refractivity (Wildman–Crippen MR) is 115 cm³/mol. The van der Waals surface area contributed by atoms with E-state index in [9.17, 15) is 4.79 Å². The van der Waals surface area contributed by atoms with E-state index in [0.29, 0.717) is 17.1 Å². The molecule has 0 unspecified atom stereocenters. The minimum Gasteiger partial charge on any atom is -0.387 e.